The molecule has 1 N–H and O–H groups in total. The number of fused-ring (bicyclic) bond motifs is 1. The predicted molar refractivity (Wildman–Crippen MR) is 71.4 cm³/mol. The van der Waals surface area contributed by atoms with Crippen LogP contribution in [0.1, 0.15) is 31.9 Å². The van der Waals surface area contributed by atoms with Crippen molar-refractivity contribution >= 4 is 22.3 Å². The van der Waals surface area contributed by atoms with Gasteiger partial charge in [0.2, 0.25) is 6.41 Å². The van der Waals surface area contributed by atoms with Crippen LogP contribution in [0.3, 0.4) is 0 Å². The largest absolute Gasteiger partial charge is 0.391 e. The highest BCUT2D eigenvalue weighted by Crippen LogP contribution is 2.28. The van der Waals surface area contributed by atoms with Crippen molar-refractivity contribution in [1.29, 1.82) is 0 Å². The summed E-state index contributed by atoms with van der Waals surface area (Å²) in [7, 11) is 0. The Balaban J connectivity index is 0.000000249. The minimum atomic E-state index is -0.500. The van der Waals surface area contributed by atoms with E-state index in [1.165, 1.54) is 11.1 Å². The number of halogens is 1. The number of rotatable bonds is 1. The number of amides is 1. The molecule has 1 aliphatic rings. The first-order chi connectivity index (χ1) is 7.81. The van der Waals surface area contributed by atoms with Gasteiger partial charge in [0.15, 0.2) is 0 Å². The second-order valence-corrected chi connectivity index (χ2v) is 5.91. The van der Waals surface area contributed by atoms with Crippen LogP contribution in [0, 0.1) is 0 Å². The highest BCUT2D eigenvalue weighted by Gasteiger charge is 2.18. The van der Waals surface area contributed by atoms with Crippen molar-refractivity contribution < 1.29 is 9.90 Å². The number of hydrogen-bond acceptors (Lipinski definition) is 2. The van der Waals surface area contributed by atoms with Crippen molar-refractivity contribution in [3.05, 3.63) is 33.8 Å². The fraction of sp³-hybridized carbons (Fsp3) is 0.462. The molecule has 1 heterocycles. The maximum atomic E-state index is 10.5. The van der Waals surface area contributed by atoms with Crippen LogP contribution >= 0.6 is 15.9 Å². The maximum absolute atomic E-state index is 10.5. The van der Waals surface area contributed by atoms with Gasteiger partial charge in [-0.3, -0.25) is 4.79 Å². The van der Waals surface area contributed by atoms with Gasteiger partial charge in [-0.05, 0) is 38.0 Å². The molecule has 0 saturated heterocycles. The van der Waals surface area contributed by atoms with Crippen molar-refractivity contribution in [2.24, 2.45) is 0 Å². The fourth-order valence-electron chi connectivity index (χ4n) is 1.48. The highest BCUT2D eigenvalue weighted by atomic mass is 79.9. The van der Waals surface area contributed by atoms with Gasteiger partial charge in [0.1, 0.15) is 0 Å². The van der Waals surface area contributed by atoms with E-state index in [1.807, 2.05) is 12.1 Å². The zero-order valence-corrected chi connectivity index (χ0v) is 12.0. The Kier molecular flexibility index (Phi) is 4.71. The van der Waals surface area contributed by atoms with Crippen LogP contribution in [0.15, 0.2) is 22.7 Å². The Morgan fingerprint density at radius 3 is 2.41 bits per heavy atom. The molecule has 3 nitrogen and oxygen atoms in total. The molecule has 0 aromatic heterocycles. The number of hydrogen-bond donors (Lipinski definition) is 1. The first kappa shape index (κ1) is 14.2. The van der Waals surface area contributed by atoms with Gasteiger partial charge in [-0.25, -0.2) is 0 Å². The van der Waals surface area contributed by atoms with Crippen molar-refractivity contribution in [3.8, 4) is 0 Å². The monoisotopic (exact) mass is 299 g/mol. The van der Waals surface area contributed by atoms with E-state index < -0.39 is 5.60 Å². The van der Waals surface area contributed by atoms with Gasteiger partial charge < -0.3 is 10.0 Å². The number of nitrogens with zero attached hydrogens (tertiary/aromatic N) is 1. The molecule has 1 aromatic rings. The minimum Gasteiger partial charge on any atom is -0.391 e. The lowest BCUT2D eigenvalue weighted by Crippen LogP contribution is -2.12. The Morgan fingerprint density at radius 2 is 1.94 bits per heavy atom. The van der Waals surface area contributed by atoms with Crippen LogP contribution in [-0.2, 0) is 17.9 Å². The third-order valence-corrected chi connectivity index (χ3v) is 2.84. The molecular weight excluding hydrogens is 282 g/mol. The fourth-order valence-corrected chi connectivity index (χ4v) is 2.01. The van der Waals surface area contributed by atoms with Gasteiger partial charge in [-0.2, -0.15) is 0 Å². The van der Waals surface area contributed by atoms with Crippen LogP contribution in [0.5, 0.6) is 0 Å². The molecule has 0 atom stereocenters. The predicted octanol–water partition coefficient (Wildman–Crippen LogP) is 2.70. The molecule has 0 fully saturated rings. The van der Waals surface area contributed by atoms with E-state index in [4.69, 9.17) is 5.11 Å². The second kappa shape index (κ2) is 5.65. The molecule has 0 unspecified atom stereocenters. The minimum absolute atomic E-state index is 0.500. The summed E-state index contributed by atoms with van der Waals surface area (Å²) in [5.41, 5.74) is 1.99. The van der Waals surface area contributed by atoms with E-state index in [0.29, 0.717) is 0 Å². The van der Waals surface area contributed by atoms with E-state index in [-0.39, 0.29) is 0 Å². The maximum Gasteiger partial charge on any atom is 0.210 e. The zero-order valence-electron chi connectivity index (χ0n) is 10.4. The summed E-state index contributed by atoms with van der Waals surface area (Å²) in [4.78, 5) is 12.3. The summed E-state index contributed by atoms with van der Waals surface area (Å²) in [5.74, 6) is 0. The molecule has 1 amide bonds. The number of carbonyl (C=O) groups is 1. The molecular formula is C13H18BrNO2. The number of aliphatic hydroxyl groups is 1. The molecule has 94 valence electrons. The second-order valence-electron chi connectivity index (χ2n) is 5.06. The van der Waals surface area contributed by atoms with Gasteiger partial charge >= 0.3 is 0 Å². The topological polar surface area (TPSA) is 40.5 Å². The van der Waals surface area contributed by atoms with E-state index in [1.54, 1.807) is 25.7 Å². The molecule has 1 aromatic carbocycles. The summed E-state index contributed by atoms with van der Waals surface area (Å²) in [5, 5.41) is 8.52. The van der Waals surface area contributed by atoms with Gasteiger partial charge in [0.25, 0.3) is 0 Å². The van der Waals surface area contributed by atoms with Crippen molar-refractivity contribution in [2.75, 3.05) is 0 Å². The van der Waals surface area contributed by atoms with Crippen molar-refractivity contribution in [1.82, 2.24) is 4.90 Å². The average Bonchev–Trinajstić information content (AvgIpc) is 2.59. The smallest absolute Gasteiger partial charge is 0.210 e. The van der Waals surface area contributed by atoms with E-state index in [9.17, 15) is 4.79 Å². The van der Waals surface area contributed by atoms with Crippen LogP contribution in [0.25, 0.3) is 0 Å². The van der Waals surface area contributed by atoms with Crippen LogP contribution in [-0.4, -0.2) is 22.0 Å². The normalized spacial score (nSPS) is 13.8. The van der Waals surface area contributed by atoms with E-state index in [0.717, 1.165) is 24.0 Å². The van der Waals surface area contributed by atoms with Gasteiger partial charge in [0.05, 0.1) is 5.60 Å². The summed E-state index contributed by atoms with van der Waals surface area (Å²) >= 11 is 3.46. The van der Waals surface area contributed by atoms with Gasteiger partial charge in [-0.15, -0.1) is 0 Å². The standard InChI is InChI=1S/C9H8BrNO.C4H10O/c10-9-3-1-2-7-4-11(6-12)5-8(7)9;1-4(2,3)5/h1-3,6H,4-5H2;5H,1-3H3. The Hall–Kier alpha value is -0.870. The Labute approximate surface area is 111 Å². The van der Waals surface area contributed by atoms with E-state index >= 15 is 0 Å². The van der Waals surface area contributed by atoms with Crippen LogP contribution in [0.4, 0.5) is 0 Å². The Morgan fingerprint density at radius 1 is 1.35 bits per heavy atom. The molecule has 0 spiro atoms. The third-order valence-electron chi connectivity index (χ3n) is 2.10. The van der Waals surface area contributed by atoms with Crippen LogP contribution < -0.4 is 0 Å². The third kappa shape index (κ3) is 4.88. The molecule has 1 aliphatic heterocycles. The summed E-state index contributed by atoms with van der Waals surface area (Å²) in [6.07, 6.45) is 0.895. The molecule has 0 bridgehead atoms. The first-order valence-electron chi connectivity index (χ1n) is 5.49. The lowest BCUT2D eigenvalue weighted by molar-refractivity contribution is -0.118. The summed E-state index contributed by atoms with van der Waals surface area (Å²) < 4.78 is 1.10. The van der Waals surface area contributed by atoms with E-state index in [2.05, 4.69) is 22.0 Å². The van der Waals surface area contributed by atoms with Gasteiger partial charge in [0, 0.05) is 17.6 Å². The molecule has 17 heavy (non-hydrogen) atoms. The first-order valence-corrected chi connectivity index (χ1v) is 6.28. The quantitative estimate of drug-likeness (QED) is 0.810. The van der Waals surface area contributed by atoms with Crippen LogP contribution in [0.2, 0.25) is 0 Å². The zero-order chi connectivity index (χ0) is 13.1. The molecule has 0 radical (unpaired) electrons. The molecule has 0 saturated carbocycles. The number of carbonyl (C=O) groups excluding carboxylic acids is 1. The van der Waals surface area contributed by atoms with Gasteiger partial charge in [-0.1, -0.05) is 28.1 Å². The lowest BCUT2D eigenvalue weighted by atomic mass is 10.1. The SMILES string of the molecule is CC(C)(C)O.O=CN1Cc2cccc(Br)c2C1. The summed E-state index contributed by atoms with van der Waals surface area (Å²) in [6.45, 7) is 6.71. The van der Waals surface area contributed by atoms with Crippen molar-refractivity contribution in [2.45, 2.75) is 39.5 Å². The summed E-state index contributed by atoms with van der Waals surface area (Å²) in [6, 6.07) is 6.06. The molecule has 2 rings (SSSR count). The van der Waals surface area contributed by atoms with Crippen molar-refractivity contribution in [3.63, 3.8) is 0 Å². The average molecular weight is 300 g/mol. The Bertz CT molecular complexity index is 393. The highest BCUT2D eigenvalue weighted by molar-refractivity contribution is 9.10. The molecule has 0 aliphatic carbocycles. The molecule has 4 heteroatoms. The lowest BCUT2D eigenvalue weighted by Gasteiger charge is -2.04. The number of benzene rings is 1.